The van der Waals surface area contributed by atoms with Crippen LogP contribution in [0.1, 0.15) is 32.1 Å². The smallest absolute Gasteiger partial charge is 0.279 e. The van der Waals surface area contributed by atoms with Crippen LogP contribution in [0.2, 0.25) is 0 Å². The minimum absolute atomic E-state index is 0.147. The second-order valence-electron chi connectivity index (χ2n) is 4.59. The van der Waals surface area contributed by atoms with Gasteiger partial charge in [-0.25, -0.2) is 4.72 Å². The Hall–Kier alpha value is -0.170. The molecule has 0 aromatic carbocycles. The molecule has 0 spiro atoms. The first-order chi connectivity index (χ1) is 7.65. The predicted octanol–water partition coefficient (Wildman–Crippen LogP) is 0.0571. The number of nitrogens with one attached hydrogen (secondary N) is 2. The summed E-state index contributed by atoms with van der Waals surface area (Å²) < 4.78 is 27.9. The second kappa shape index (κ2) is 5.00. The SMILES string of the molecule is CNS(=O)(=O)N1CCCCC1C1CCCN1. The molecule has 2 unspecified atom stereocenters. The van der Waals surface area contributed by atoms with E-state index in [1.54, 1.807) is 4.31 Å². The first-order valence-corrected chi connectivity index (χ1v) is 7.53. The molecule has 0 aromatic rings. The first kappa shape index (κ1) is 12.3. The zero-order chi connectivity index (χ0) is 11.6. The van der Waals surface area contributed by atoms with E-state index in [4.69, 9.17) is 0 Å². The Morgan fingerprint density at radius 3 is 2.69 bits per heavy atom. The maximum Gasteiger partial charge on any atom is 0.279 e. The Labute approximate surface area is 97.8 Å². The van der Waals surface area contributed by atoms with Gasteiger partial charge < -0.3 is 5.32 Å². The summed E-state index contributed by atoms with van der Waals surface area (Å²) in [6, 6.07) is 0.497. The lowest BCUT2D eigenvalue weighted by Crippen LogP contribution is -2.54. The lowest BCUT2D eigenvalue weighted by molar-refractivity contribution is 0.209. The fourth-order valence-corrected chi connectivity index (χ4v) is 4.00. The van der Waals surface area contributed by atoms with Gasteiger partial charge in [0, 0.05) is 25.7 Å². The second-order valence-corrected chi connectivity index (χ2v) is 6.41. The monoisotopic (exact) mass is 247 g/mol. The van der Waals surface area contributed by atoms with Crippen LogP contribution in [0.5, 0.6) is 0 Å². The van der Waals surface area contributed by atoms with Crippen molar-refractivity contribution in [2.45, 2.75) is 44.2 Å². The molecule has 5 nitrogen and oxygen atoms in total. The quantitative estimate of drug-likeness (QED) is 0.741. The molecule has 16 heavy (non-hydrogen) atoms. The topological polar surface area (TPSA) is 61.4 Å². The summed E-state index contributed by atoms with van der Waals surface area (Å²) >= 11 is 0. The van der Waals surface area contributed by atoms with Crippen molar-refractivity contribution < 1.29 is 8.42 Å². The Kier molecular flexibility index (Phi) is 3.84. The number of hydrogen-bond acceptors (Lipinski definition) is 3. The molecule has 2 saturated heterocycles. The third-order valence-electron chi connectivity index (χ3n) is 3.63. The van der Waals surface area contributed by atoms with Crippen molar-refractivity contribution in [3.8, 4) is 0 Å². The summed E-state index contributed by atoms with van der Waals surface area (Å²) in [5.74, 6) is 0. The van der Waals surface area contributed by atoms with Crippen molar-refractivity contribution in [2.75, 3.05) is 20.1 Å². The summed E-state index contributed by atoms with van der Waals surface area (Å²) in [5.41, 5.74) is 0. The van der Waals surface area contributed by atoms with E-state index in [-0.39, 0.29) is 6.04 Å². The molecule has 0 aliphatic carbocycles. The van der Waals surface area contributed by atoms with E-state index in [0.29, 0.717) is 12.6 Å². The molecule has 0 aromatic heterocycles. The largest absolute Gasteiger partial charge is 0.312 e. The number of hydrogen-bond donors (Lipinski definition) is 2. The fraction of sp³-hybridized carbons (Fsp3) is 1.00. The Morgan fingerprint density at radius 1 is 1.25 bits per heavy atom. The first-order valence-electron chi connectivity index (χ1n) is 6.09. The predicted molar refractivity (Wildman–Crippen MR) is 63.3 cm³/mol. The van der Waals surface area contributed by atoms with Gasteiger partial charge in [-0.05, 0) is 32.2 Å². The third-order valence-corrected chi connectivity index (χ3v) is 5.21. The average Bonchev–Trinajstić information content (AvgIpc) is 2.82. The molecular weight excluding hydrogens is 226 g/mol. The summed E-state index contributed by atoms with van der Waals surface area (Å²) in [6.45, 7) is 1.68. The standard InChI is InChI=1S/C10H21N3O2S/c1-11-16(14,15)13-8-3-2-6-10(13)9-5-4-7-12-9/h9-12H,2-8H2,1H3. The van der Waals surface area contributed by atoms with Gasteiger partial charge >= 0.3 is 0 Å². The molecule has 0 saturated carbocycles. The molecule has 0 radical (unpaired) electrons. The minimum Gasteiger partial charge on any atom is -0.312 e. The Morgan fingerprint density at radius 2 is 2.06 bits per heavy atom. The number of piperidine rings is 1. The van der Waals surface area contributed by atoms with Gasteiger partial charge in [0.05, 0.1) is 0 Å². The minimum atomic E-state index is -3.26. The van der Waals surface area contributed by atoms with Crippen LogP contribution in [0, 0.1) is 0 Å². The van der Waals surface area contributed by atoms with Crippen molar-refractivity contribution in [1.82, 2.24) is 14.3 Å². The molecule has 0 amide bonds. The fourth-order valence-electron chi connectivity index (χ4n) is 2.79. The van der Waals surface area contributed by atoms with Crippen molar-refractivity contribution in [1.29, 1.82) is 0 Å². The molecule has 0 bridgehead atoms. The highest BCUT2D eigenvalue weighted by Crippen LogP contribution is 2.25. The van der Waals surface area contributed by atoms with Crippen LogP contribution in [0.25, 0.3) is 0 Å². The normalized spacial score (nSPS) is 33.1. The molecule has 2 atom stereocenters. The van der Waals surface area contributed by atoms with E-state index in [2.05, 4.69) is 10.0 Å². The van der Waals surface area contributed by atoms with Crippen LogP contribution < -0.4 is 10.0 Å². The van der Waals surface area contributed by atoms with Crippen LogP contribution in [0.15, 0.2) is 0 Å². The number of nitrogens with zero attached hydrogens (tertiary/aromatic N) is 1. The summed E-state index contributed by atoms with van der Waals surface area (Å²) in [5, 5.41) is 3.42. The molecule has 94 valence electrons. The van der Waals surface area contributed by atoms with Crippen LogP contribution in [0.3, 0.4) is 0 Å². The van der Waals surface area contributed by atoms with Crippen molar-refractivity contribution in [3.63, 3.8) is 0 Å². The van der Waals surface area contributed by atoms with Crippen LogP contribution in [-0.2, 0) is 10.2 Å². The van der Waals surface area contributed by atoms with E-state index < -0.39 is 10.2 Å². The van der Waals surface area contributed by atoms with Crippen LogP contribution >= 0.6 is 0 Å². The molecule has 2 N–H and O–H groups in total. The van der Waals surface area contributed by atoms with E-state index in [1.807, 2.05) is 0 Å². The molecule has 2 fully saturated rings. The van der Waals surface area contributed by atoms with Crippen molar-refractivity contribution >= 4 is 10.2 Å². The highest BCUT2D eigenvalue weighted by Gasteiger charge is 2.37. The van der Waals surface area contributed by atoms with Gasteiger partial charge in [-0.3, -0.25) is 0 Å². The van der Waals surface area contributed by atoms with Crippen LogP contribution in [0.4, 0.5) is 0 Å². The zero-order valence-corrected chi connectivity index (χ0v) is 10.6. The molecule has 2 aliphatic heterocycles. The molecule has 2 heterocycles. The highest BCUT2D eigenvalue weighted by molar-refractivity contribution is 7.87. The summed E-state index contributed by atoms with van der Waals surface area (Å²) in [4.78, 5) is 0. The van der Waals surface area contributed by atoms with Crippen LogP contribution in [-0.4, -0.2) is 44.9 Å². The molecular formula is C10H21N3O2S. The van der Waals surface area contributed by atoms with E-state index in [9.17, 15) is 8.42 Å². The molecule has 2 aliphatic rings. The summed E-state index contributed by atoms with van der Waals surface area (Å²) in [7, 11) is -1.78. The number of rotatable bonds is 3. The van der Waals surface area contributed by atoms with Gasteiger partial charge in [-0.15, -0.1) is 0 Å². The Bertz CT molecular complexity index is 325. The van der Waals surface area contributed by atoms with E-state index >= 15 is 0 Å². The molecule has 6 heteroatoms. The van der Waals surface area contributed by atoms with E-state index in [1.165, 1.54) is 7.05 Å². The maximum atomic E-state index is 11.9. The van der Waals surface area contributed by atoms with Gasteiger partial charge in [0.1, 0.15) is 0 Å². The van der Waals surface area contributed by atoms with Gasteiger partial charge in [-0.1, -0.05) is 6.42 Å². The lowest BCUT2D eigenvalue weighted by atomic mass is 9.97. The average molecular weight is 247 g/mol. The Balaban J connectivity index is 2.13. The maximum absolute atomic E-state index is 11.9. The van der Waals surface area contributed by atoms with Gasteiger partial charge in [0.25, 0.3) is 10.2 Å². The lowest BCUT2D eigenvalue weighted by Gasteiger charge is -2.37. The van der Waals surface area contributed by atoms with Crippen molar-refractivity contribution in [2.24, 2.45) is 0 Å². The van der Waals surface area contributed by atoms with Gasteiger partial charge in [0.2, 0.25) is 0 Å². The highest BCUT2D eigenvalue weighted by atomic mass is 32.2. The van der Waals surface area contributed by atoms with Crippen molar-refractivity contribution in [3.05, 3.63) is 0 Å². The van der Waals surface area contributed by atoms with E-state index in [0.717, 1.165) is 38.6 Å². The van der Waals surface area contributed by atoms with Gasteiger partial charge in [0.15, 0.2) is 0 Å². The molecule has 2 rings (SSSR count). The third kappa shape index (κ3) is 2.40. The van der Waals surface area contributed by atoms with Gasteiger partial charge in [-0.2, -0.15) is 12.7 Å². The zero-order valence-electron chi connectivity index (χ0n) is 9.78. The summed E-state index contributed by atoms with van der Waals surface area (Å²) in [6.07, 6.45) is 5.36.